The fourth-order valence-electron chi connectivity index (χ4n) is 3.09. The summed E-state index contributed by atoms with van der Waals surface area (Å²) >= 11 is 0.882. The van der Waals surface area contributed by atoms with Crippen LogP contribution in [-0.4, -0.2) is 66.3 Å². The lowest BCUT2D eigenvalue weighted by molar-refractivity contribution is -0.145. The Morgan fingerprint density at radius 3 is 2.35 bits per heavy atom. The van der Waals surface area contributed by atoms with Gasteiger partial charge in [0.2, 0.25) is 5.16 Å². The van der Waals surface area contributed by atoms with Gasteiger partial charge in [-0.3, -0.25) is 5.10 Å². The number of H-pyrrole nitrogens is 1. The zero-order valence-electron chi connectivity index (χ0n) is 20.8. The summed E-state index contributed by atoms with van der Waals surface area (Å²) in [5.41, 5.74) is 1.21. The maximum absolute atomic E-state index is 12.0. The number of benzene rings is 2. The summed E-state index contributed by atoms with van der Waals surface area (Å²) in [5.74, 6) is 0.617. The third-order valence-electron chi connectivity index (χ3n) is 4.72. The van der Waals surface area contributed by atoms with Crippen molar-refractivity contribution in [2.24, 2.45) is 0 Å². The molecule has 0 unspecified atom stereocenters. The zero-order chi connectivity index (χ0) is 26.8. The van der Waals surface area contributed by atoms with Gasteiger partial charge in [0.25, 0.3) is 0 Å². The van der Waals surface area contributed by atoms with Crippen LogP contribution in [0.3, 0.4) is 0 Å². The van der Waals surface area contributed by atoms with Gasteiger partial charge in [-0.05, 0) is 61.5 Å². The van der Waals surface area contributed by atoms with Gasteiger partial charge in [-0.25, -0.2) is 14.6 Å². The second-order valence-electron chi connectivity index (χ2n) is 7.22. The second-order valence-corrected chi connectivity index (χ2v) is 8.23. The highest BCUT2D eigenvalue weighted by molar-refractivity contribution is 8.04. The summed E-state index contributed by atoms with van der Waals surface area (Å²) in [5, 5.41) is 16.9. The molecule has 1 heterocycles. The molecule has 0 saturated carbocycles. The number of hydrogen-bond acceptors (Lipinski definition) is 10. The van der Waals surface area contributed by atoms with Crippen molar-refractivity contribution in [3.05, 3.63) is 46.9 Å². The molecule has 0 aliphatic carbocycles. The van der Waals surface area contributed by atoms with Crippen molar-refractivity contribution in [1.29, 1.82) is 0 Å². The molecular formula is C25H27N3O8S. The number of carboxylic acids is 1. The van der Waals surface area contributed by atoms with Crippen molar-refractivity contribution in [1.82, 2.24) is 15.2 Å². The Morgan fingerprint density at radius 1 is 1.00 bits per heavy atom. The molecule has 2 N–H and O–H groups in total. The van der Waals surface area contributed by atoms with Gasteiger partial charge in [-0.1, -0.05) is 6.07 Å². The average molecular weight is 530 g/mol. The van der Waals surface area contributed by atoms with E-state index in [9.17, 15) is 14.7 Å². The molecule has 37 heavy (non-hydrogen) atoms. The van der Waals surface area contributed by atoms with E-state index in [2.05, 4.69) is 15.2 Å². The quantitative estimate of drug-likeness (QED) is 0.188. The molecule has 0 amide bonds. The summed E-state index contributed by atoms with van der Waals surface area (Å²) in [6.07, 6.45) is 1.47. The predicted molar refractivity (Wildman–Crippen MR) is 136 cm³/mol. The first-order valence-corrected chi connectivity index (χ1v) is 12.0. The first-order chi connectivity index (χ1) is 17.9. The second kappa shape index (κ2) is 13.2. The molecule has 3 rings (SSSR count). The van der Waals surface area contributed by atoms with Crippen LogP contribution in [0.4, 0.5) is 0 Å². The molecule has 0 aliphatic rings. The number of aromatic amines is 1. The van der Waals surface area contributed by atoms with E-state index in [0.717, 1.165) is 11.8 Å². The SMILES string of the molecule is CCOC(=O)COc1ccc(/C=C(\Sc2n[nH]c(-c3cc(OC)cc(OC)c3)n2)C(=O)O)cc1OCC. The number of ether oxygens (including phenoxy) is 5. The van der Waals surface area contributed by atoms with E-state index in [0.29, 0.717) is 46.6 Å². The monoisotopic (exact) mass is 529 g/mol. The highest BCUT2D eigenvalue weighted by Crippen LogP contribution is 2.33. The van der Waals surface area contributed by atoms with E-state index in [1.165, 1.54) is 6.08 Å². The maximum atomic E-state index is 12.0. The minimum absolute atomic E-state index is 0.0172. The van der Waals surface area contributed by atoms with Crippen molar-refractivity contribution >= 4 is 29.8 Å². The molecule has 11 nitrogen and oxygen atoms in total. The number of aliphatic carboxylic acids is 1. The standard InChI is InChI=1S/C25H27N3O8S/c1-5-34-20-9-15(7-8-19(20)36-14-22(29)35-6-2)10-21(24(30)31)37-25-26-23(27-28-25)16-11-17(32-3)13-18(12-16)33-4/h7-13H,5-6,14H2,1-4H3,(H,30,31)(H,26,27,28)/b21-10-. The first-order valence-electron chi connectivity index (χ1n) is 11.2. The summed E-state index contributed by atoms with van der Waals surface area (Å²) in [4.78, 5) is 28.0. The smallest absolute Gasteiger partial charge is 0.344 e. The van der Waals surface area contributed by atoms with Gasteiger partial charge in [-0.2, -0.15) is 0 Å². The van der Waals surface area contributed by atoms with Gasteiger partial charge in [0.05, 0.1) is 27.4 Å². The topological polar surface area (TPSA) is 142 Å². The predicted octanol–water partition coefficient (Wildman–Crippen LogP) is 4.05. The lowest BCUT2D eigenvalue weighted by atomic mass is 10.2. The number of aromatic nitrogens is 3. The average Bonchev–Trinajstić information content (AvgIpc) is 3.36. The fraction of sp³-hybridized carbons (Fsp3) is 0.280. The number of thioether (sulfide) groups is 1. The molecule has 0 atom stereocenters. The molecule has 0 bridgehead atoms. The van der Waals surface area contributed by atoms with E-state index in [-0.39, 0.29) is 23.3 Å². The van der Waals surface area contributed by atoms with Crippen LogP contribution >= 0.6 is 11.8 Å². The third-order valence-corrected chi connectivity index (χ3v) is 5.60. The number of rotatable bonds is 13. The Kier molecular flexibility index (Phi) is 9.78. The van der Waals surface area contributed by atoms with E-state index in [4.69, 9.17) is 23.7 Å². The van der Waals surface area contributed by atoms with Crippen LogP contribution in [0.2, 0.25) is 0 Å². The minimum atomic E-state index is -1.15. The maximum Gasteiger partial charge on any atom is 0.344 e. The molecule has 0 fully saturated rings. The number of nitrogens with one attached hydrogen (secondary N) is 1. The molecule has 0 radical (unpaired) electrons. The number of carboxylic acid groups (broad SMARTS) is 1. The van der Waals surface area contributed by atoms with Crippen molar-refractivity contribution in [3.63, 3.8) is 0 Å². The summed E-state index contributed by atoms with van der Waals surface area (Å²) in [6.45, 7) is 3.83. The van der Waals surface area contributed by atoms with Crippen molar-refractivity contribution in [2.75, 3.05) is 34.0 Å². The van der Waals surface area contributed by atoms with Gasteiger partial charge in [0.1, 0.15) is 16.4 Å². The van der Waals surface area contributed by atoms with Crippen LogP contribution in [0, 0.1) is 0 Å². The van der Waals surface area contributed by atoms with Crippen LogP contribution in [-0.2, 0) is 14.3 Å². The van der Waals surface area contributed by atoms with Crippen molar-refractivity contribution in [3.8, 4) is 34.4 Å². The summed E-state index contributed by atoms with van der Waals surface area (Å²) in [6, 6.07) is 10.1. The Balaban J connectivity index is 1.82. The largest absolute Gasteiger partial charge is 0.497 e. The van der Waals surface area contributed by atoms with Crippen LogP contribution in [0.5, 0.6) is 23.0 Å². The number of carbonyl (C=O) groups is 2. The lowest BCUT2D eigenvalue weighted by Crippen LogP contribution is -2.15. The number of hydrogen-bond donors (Lipinski definition) is 2. The third kappa shape index (κ3) is 7.64. The van der Waals surface area contributed by atoms with E-state index >= 15 is 0 Å². The molecule has 196 valence electrons. The van der Waals surface area contributed by atoms with E-state index < -0.39 is 11.9 Å². The Labute approximate surface area is 217 Å². The summed E-state index contributed by atoms with van der Waals surface area (Å²) < 4.78 is 26.5. The van der Waals surface area contributed by atoms with Crippen LogP contribution in [0.15, 0.2) is 46.5 Å². The molecule has 12 heteroatoms. The van der Waals surface area contributed by atoms with Gasteiger partial charge in [0.15, 0.2) is 23.9 Å². The Hall–Kier alpha value is -4.19. The number of carbonyl (C=O) groups excluding carboxylic acids is 1. The number of nitrogens with zero attached hydrogens (tertiary/aromatic N) is 2. The van der Waals surface area contributed by atoms with Crippen molar-refractivity contribution in [2.45, 2.75) is 19.0 Å². The molecule has 0 spiro atoms. The highest BCUT2D eigenvalue weighted by atomic mass is 32.2. The molecule has 2 aromatic carbocycles. The van der Waals surface area contributed by atoms with Gasteiger partial charge in [0, 0.05) is 11.6 Å². The fourth-order valence-corrected chi connectivity index (χ4v) is 3.80. The number of esters is 1. The summed E-state index contributed by atoms with van der Waals surface area (Å²) in [7, 11) is 3.08. The van der Waals surface area contributed by atoms with Crippen LogP contribution < -0.4 is 18.9 Å². The van der Waals surface area contributed by atoms with Gasteiger partial charge in [-0.15, -0.1) is 5.10 Å². The van der Waals surface area contributed by atoms with Gasteiger partial charge >= 0.3 is 11.9 Å². The number of methoxy groups -OCH3 is 2. The van der Waals surface area contributed by atoms with E-state index in [1.807, 2.05) is 0 Å². The van der Waals surface area contributed by atoms with Gasteiger partial charge < -0.3 is 28.8 Å². The molecule has 0 aliphatic heterocycles. The van der Waals surface area contributed by atoms with Crippen LogP contribution in [0.1, 0.15) is 19.4 Å². The molecule has 1 aromatic heterocycles. The lowest BCUT2D eigenvalue weighted by Gasteiger charge is -2.12. The first kappa shape index (κ1) is 27.4. The zero-order valence-corrected chi connectivity index (χ0v) is 21.6. The molecular weight excluding hydrogens is 502 g/mol. The normalized spacial score (nSPS) is 11.1. The van der Waals surface area contributed by atoms with E-state index in [1.54, 1.807) is 64.5 Å². The Bertz CT molecular complexity index is 1250. The molecule has 0 saturated heterocycles. The minimum Gasteiger partial charge on any atom is -0.497 e. The van der Waals surface area contributed by atoms with Crippen LogP contribution in [0.25, 0.3) is 17.5 Å². The molecule has 3 aromatic rings. The van der Waals surface area contributed by atoms with Crippen molar-refractivity contribution < 1.29 is 38.4 Å². The highest BCUT2D eigenvalue weighted by Gasteiger charge is 2.16. The Morgan fingerprint density at radius 2 is 1.73 bits per heavy atom.